The lowest BCUT2D eigenvalue weighted by molar-refractivity contribution is -0.126. The number of carbonyl (C=O) groups is 2. The lowest BCUT2D eigenvalue weighted by Crippen LogP contribution is -2.53. The minimum Gasteiger partial charge on any atom is -0.371 e. The molecule has 2 amide bonds. The zero-order valence-electron chi connectivity index (χ0n) is 14.7. The average molecular weight is 355 g/mol. The van der Waals surface area contributed by atoms with E-state index in [0.29, 0.717) is 18.7 Å². The van der Waals surface area contributed by atoms with E-state index in [-0.39, 0.29) is 18.4 Å². The van der Waals surface area contributed by atoms with Crippen molar-refractivity contribution in [2.45, 2.75) is 25.0 Å². The predicted molar refractivity (Wildman–Crippen MR) is 95.5 cm³/mol. The second kappa shape index (κ2) is 6.10. The van der Waals surface area contributed by atoms with Crippen LogP contribution in [0.25, 0.3) is 0 Å². The third-order valence-electron chi connectivity index (χ3n) is 4.90. The third kappa shape index (κ3) is 2.60. The number of aryl methyl sites for hydroxylation is 1. The van der Waals surface area contributed by atoms with Crippen LogP contribution in [-0.2, 0) is 29.6 Å². The molecule has 26 heavy (non-hydrogen) atoms. The first-order valence-electron chi connectivity index (χ1n) is 8.50. The molecule has 136 valence electrons. The first kappa shape index (κ1) is 16.5. The van der Waals surface area contributed by atoms with Crippen LogP contribution >= 0.6 is 0 Å². The minimum atomic E-state index is -0.673. The van der Waals surface area contributed by atoms with Crippen LogP contribution in [0.15, 0.2) is 24.4 Å². The highest BCUT2D eigenvalue weighted by Crippen LogP contribution is 2.42. The summed E-state index contributed by atoms with van der Waals surface area (Å²) in [7, 11) is 3.68. The first-order valence-corrected chi connectivity index (χ1v) is 8.50. The molecule has 2 aliphatic rings. The van der Waals surface area contributed by atoms with Gasteiger partial charge in [-0.05, 0) is 11.6 Å². The second-order valence-corrected chi connectivity index (χ2v) is 6.80. The summed E-state index contributed by atoms with van der Waals surface area (Å²) in [6, 6.07) is 4.59. The zero-order chi connectivity index (χ0) is 18.4. The van der Waals surface area contributed by atoms with Crippen LogP contribution in [0.4, 0.5) is 11.4 Å². The predicted octanol–water partition coefficient (Wildman–Crippen LogP) is -0.834. The number of rotatable bonds is 3. The number of aromatic nitrogens is 3. The molecule has 0 spiro atoms. The quantitative estimate of drug-likeness (QED) is 0.744. The largest absolute Gasteiger partial charge is 0.371 e. The molecule has 0 saturated carbocycles. The maximum atomic E-state index is 12.9. The summed E-state index contributed by atoms with van der Waals surface area (Å²) in [6.07, 6.45) is 2.21. The fourth-order valence-corrected chi connectivity index (χ4v) is 3.68. The van der Waals surface area contributed by atoms with E-state index in [0.717, 1.165) is 16.9 Å². The molecular weight excluding hydrogens is 334 g/mol. The molecule has 2 atom stereocenters. The van der Waals surface area contributed by atoms with E-state index in [2.05, 4.69) is 15.6 Å². The van der Waals surface area contributed by atoms with Gasteiger partial charge in [-0.3, -0.25) is 19.2 Å². The Kier molecular flexibility index (Phi) is 3.87. The van der Waals surface area contributed by atoms with Gasteiger partial charge in [-0.15, -0.1) is 5.10 Å². The van der Waals surface area contributed by atoms with Gasteiger partial charge in [-0.25, -0.2) is 0 Å². The van der Waals surface area contributed by atoms with Gasteiger partial charge in [-0.2, -0.15) is 0 Å². The van der Waals surface area contributed by atoms with Crippen LogP contribution < -0.4 is 20.9 Å². The molecule has 3 heterocycles. The minimum absolute atomic E-state index is 0.220. The maximum absolute atomic E-state index is 12.9. The van der Waals surface area contributed by atoms with Gasteiger partial charge in [-0.1, -0.05) is 17.3 Å². The van der Waals surface area contributed by atoms with Gasteiger partial charge in [0.15, 0.2) is 0 Å². The molecule has 4 rings (SSSR count). The van der Waals surface area contributed by atoms with E-state index >= 15 is 0 Å². The number of nitrogens with one attached hydrogen (secondary N) is 1. The van der Waals surface area contributed by atoms with Crippen molar-refractivity contribution in [1.82, 2.24) is 20.3 Å². The van der Waals surface area contributed by atoms with E-state index in [9.17, 15) is 9.59 Å². The molecule has 0 radical (unpaired) electrons. The highest BCUT2D eigenvalue weighted by atomic mass is 16.2. The number of amides is 2. The topological polar surface area (TPSA) is 109 Å². The summed E-state index contributed by atoms with van der Waals surface area (Å²) < 4.78 is 1.58. The summed E-state index contributed by atoms with van der Waals surface area (Å²) in [5, 5.41) is 10.7. The van der Waals surface area contributed by atoms with Crippen LogP contribution in [0.5, 0.6) is 0 Å². The molecule has 0 aliphatic carbocycles. The number of para-hydroxylation sites is 1. The molecule has 2 aliphatic heterocycles. The van der Waals surface area contributed by atoms with Crippen molar-refractivity contribution in [2.24, 2.45) is 12.8 Å². The Hall–Kier alpha value is -2.94. The number of nitrogens with zero attached hydrogens (tertiary/aromatic N) is 5. The standard InChI is InChI=1S/C17H21N7O2/c1-22-9-12(18)17(26)24-14(6-10-4-3-5-13(22)15(10)24)16(25)19-7-11-8-23(2)21-20-11/h3-5,8,12,14H,6-7,9,18H2,1-2H3,(H,19,25)/t12-,14+/m0/s1. The van der Waals surface area contributed by atoms with Crippen LogP contribution in [0.2, 0.25) is 0 Å². The third-order valence-corrected chi connectivity index (χ3v) is 4.90. The number of nitrogens with two attached hydrogens (primary N) is 1. The molecule has 9 heteroatoms. The van der Waals surface area contributed by atoms with Crippen molar-refractivity contribution in [1.29, 1.82) is 0 Å². The Bertz CT molecular complexity index is 878. The SMILES string of the molecule is CN1C[C@H](N)C(=O)N2c3c(cccc31)C[C@@H]2C(=O)NCc1cn(C)nn1. The number of carbonyl (C=O) groups excluding carboxylic acids is 2. The lowest BCUT2D eigenvalue weighted by Gasteiger charge is -2.25. The summed E-state index contributed by atoms with van der Waals surface area (Å²) in [5.41, 5.74) is 9.45. The Labute approximate surface area is 150 Å². The molecule has 0 bridgehead atoms. The summed E-state index contributed by atoms with van der Waals surface area (Å²) in [4.78, 5) is 29.3. The monoisotopic (exact) mass is 355 g/mol. The highest BCUT2D eigenvalue weighted by Gasteiger charge is 2.43. The number of hydrogen-bond acceptors (Lipinski definition) is 6. The van der Waals surface area contributed by atoms with Gasteiger partial charge in [0.1, 0.15) is 17.8 Å². The van der Waals surface area contributed by atoms with Crippen molar-refractivity contribution in [3.05, 3.63) is 35.7 Å². The molecule has 2 aromatic rings. The van der Waals surface area contributed by atoms with Crippen molar-refractivity contribution in [2.75, 3.05) is 23.4 Å². The smallest absolute Gasteiger partial charge is 0.246 e. The van der Waals surface area contributed by atoms with E-state index in [1.54, 1.807) is 22.8 Å². The van der Waals surface area contributed by atoms with Crippen LogP contribution in [0.3, 0.4) is 0 Å². The van der Waals surface area contributed by atoms with Crippen molar-refractivity contribution in [3.8, 4) is 0 Å². The molecule has 1 aromatic carbocycles. The molecule has 0 saturated heterocycles. The van der Waals surface area contributed by atoms with Gasteiger partial charge in [0.2, 0.25) is 11.8 Å². The number of benzene rings is 1. The second-order valence-electron chi connectivity index (χ2n) is 6.80. The van der Waals surface area contributed by atoms with E-state index in [4.69, 9.17) is 5.73 Å². The van der Waals surface area contributed by atoms with Crippen molar-refractivity contribution in [3.63, 3.8) is 0 Å². The highest BCUT2D eigenvalue weighted by molar-refractivity contribution is 6.09. The molecule has 1 aromatic heterocycles. The van der Waals surface area contributed by atoms with Gasteiger partial charge in [0.05, 0.1) is 17.9 Å². The summed E-state index contributed by atoms with van der Waals surface area (Å²) >= 11 is 0. The fourth-order valence-electron chi connectivity index (χ4n) is 3.68. The van der Waals surface area contributed by atoms with E-state index in [1.807, 2.05) is 30.1 Å². The van der Waals surface area contributed by atoms with Gasteiger partial charge in [0, 0.05) is 33.3 Å². The molecule has 0 unspecified atom stereocenters. The Morgan fingerprint density at radius 3 is 2.92 bits per heavy atom. The molecule has 0 fully saturated rings. The van der Waals surface area contributed by atoms with Crippen molar-refractivity contribution < 1.29 is 9.59 Å². The number of anilines is 2. The maximum Gasteiger partial charge on any atom is 0.246 e. The van der Waals surface area contributed by atoms with Gasteiger partial charge < -0.3 is 16.0 Å². The normalized spacial score (nSPS) is 21.6. The zero-order valence-corrected chi connectivity index (χ0v) is 14.7. The fraction of sp³-hybridized carbons (Fsp3) is 0.412. The molecule has 9 nitrogen and oxygen atoms in total. The average Bonchev–Trinajstić information content (AvgIpc) is 3.19. The number of hydrogen-bond donors (Lipinski definition) is 2. The van der Waals surface area contributed by atoms with Crippen LogP contribution in [-0.4, -0.2) is 52.5 Å². The first-order chi connectivity index (χ1) is 12.5. The van der Waals surface area contributed by atoms with Crippen molar-refractivity contribution >= 4 is 23.2 Å². The van der Waals surface area contributed by atoms with Crippen LogP contribution in [0.1, 0.15) is 11.3 Å². The van der Waals surface area contributed by atoms with E-state index < -0.39 is 12.1 Å². The lowest BCUT2D eigenvalue weighted by atomic mass is 10.1. The Morgan fingerprint density at radius 2 is 2.19 bits per heavy atom. The Balaban J connectivity index is 1.62. The summed E-state index contributed by atoms with van der Waals surface area (Å²) in [5.74, 6) is -0.442. The Morgan fingerprint density at radius 1 is 1.38 bits per heavy atom. The number of likely N-dealkylation sites (N-methyl/N-ethyl adjacent to an activating group) is 1. The van der Waals surface area contributed by atoms with Gasteiger partial charge >= 0.3 is 0 Å². The van der Waals surface area contributed by atoms with Crippen LogP contribution in [0, 0.1) is 0 Å². The van der Waals surface area contributed by atoms with Gasteiger partial charge in [0.25, 0.3) is 0 Å². The molecular formula is C17H21N7O2. The summed E-state index contributed by atoms with van der Waals surface area (Å²) in [6.45, 7) is 0.681. The van der Waals surface area contributed by atoms with E-state index in [1.165, 1.54) is 0 Å². The molecule has 3 N–H and O–H groups in total.